The lowest BCUT2D eigenvalue weighted by atomic mass is 9.99. The number of aryl methyl sites for hydroxylation is 3. The van der Waals surface area contributed by atoms with Crippen LogP contribution in [0.5, 0.6) is 0 Å². The first-order chi connectivity index (χ1) is 25.5. The van der Waals surface area contributed by atoms with Crippen molar-refractivity contribution >= 4 is 69.4 Å². The van der Waals surface area contributed by atoms with Crippen molar-refractivity contribution < 1.29 is 24.0 Å². The van der Waals surface area contributed by atoms with Crippen LogP contribution in [0.1, 0.15) is 55.8 Å². The molecule has 0 bridgehead atoms. The van der Waals surface area contributed by atoms with Gasteiger partial charge in [0.1, 0.15) is 6.04 Å². The summed E-state index contributed by atoms with van der Waals surface area (Å²) in [5.41, 5.74) is 7.66. The van der Waals surface area contributed by atoms with E-state index in [9.17, 15) is 24.0 Å². The second-order valence-corrected chi connectivity index (χ2v) is 13.5. The van der Waals surface area contributed by atoms with Crippen LogP contribution in [0.3, 0.4) is 0 Å². The second-order valence-electron chi connectivity index (χ2n) is 13.5. The zero-order chi connectivity index (χ0) is 37.0. The number of nitrogens with one attached hydrogen (secondary N) is 4. The summed E-state index contributed by atoms with van der Waals surface area (Å²) in [6.45, 7) is 5.05. The first kappa shape index (κ1) is 33.5. The second kappa shape index (κ2) is 13.2. The molecular weight excluding hydrogens is 676 g/mol. The van der Waals surface area contributed by atoms with Crippen LogP contribution in [0.4, 0.5) is 28.8 Å². The highest BCUT2D eigenvalue weighted by molar-refractivity contribution is 6.23. The van der Waals surface area contributed by atoms with Crippen molar-refractivity contribution in [3.8, 4) is 0 Å². The van der Waals surface area contributed by atoms with Crippen LogP contribution < -0.4 is 21.3 Å². The van der Waals surface area contributed by atoms with E-state index in [4.69, 9.17) is 4.98 Å². The first-order valence-corrected chi connectivity index (χ1v) is 17.3. The van der Waals surface area contributed by atoms with Gasteiger partial charge in [0.05, 0.1) is 23.1 Å². The quantitative estimate of drug-likeness (QED) is 0.171. The van der Waals surface area contributed by atoms with Gasteiger partial charge in [0.25, 0.3) is 11.8 Å². The first-order valence-electron chi connectivity index (χ1n) is 17.3. The SMILES string of the molecule is Cc1cccc(C)c1Nc1nn(C)c2nc(Nc3ccc4c(c3)CN(C(=O)CNc3ccc5c(c3)C(=O)N(C3CCC(=O)NC3=O)C5=O)CC4)ncc12. The molecule has 2 aromatic heterocycles. The minimum atomic E-state index is -1.04. The zero-order valence-electron chi connectivity index (χ0n) is 29.3. The summed E-state index contributed by atoms with van der Waals surface area (Å²) >= 11 is 0. The number of hydrogen-bond acceptors (Lipinski definition) is 11. The Balaban J connectivity index is 0.911. The van der Waals surface area contributed by atoms with Gasteiger partial charge >= 0.3 is 0 Å². The lowest BCUT2D eigenvalue weighted by Gasteiger charge is -2.29. The van der Waals surface area contributed by atoms with Gasteiger partial charge in [0.2, 0.25) is 23.7 Å². The molecule has 1 atom stereocenters. The Bertz CT molecular complexity index is 2370. The molecule has 3 aliphatic heterocycles. The number of piperidine rings is 1. The molecule has 268 valence electrons. The molecule has 3 aliphatic rings. The van der Waals surface area contributed by atoms with E-state index in [-0.39, 0.29) is 36.4 Å². The molecule has 0 saturated carbocycles. The van der Waals surface area contributed by atoms with E-state index in [0.717, 1.165) is 43.9 Å². The van der Waals surface area contributed by atoms with Gasteiger partial charge in [-0.05, 0) is 79.3 Å². The average Bonchev–Trinajstić information content (AvgIpc) is 3.58. The van der Waals surface area contributed by atoms with Gasteiger partial charge in [-0.2, -0.15) is 10.1 Å². The molecule has 0 aliphatic carbocycles. The largest absolute Gasteiger partial charge is 0.376 e. The number of nitrogens with zero attached hydrogens (tertiary/aromatic N) is 6. The molecule has 1 saturated heterocycles. The zero-order valence-corrected chi connectivity index (χ0v) is 29.3. The fourth-order valence-corrected chi connectivity index (χ4v) is 7.17. The summed E-state index contributed by atoms with van der Waals surface area (Å²) in [4.78, 5) is 75.5. The summed E-state index contributed by atoms with van der Waals surface area (Å²) in [5, 5.41) is 17.5. The van der Waals surface area contributed by atoms with E-state index in [1.165, 1.54) is 12.1 Å². The fourth-order valence-electron chi connectivity index (χ4n) is 7.17. The number of imide groups is 2. The van der Waals surface area contributed by atoms with Gasteiger partial charge < -0.3 is 20.9 Å². The van der Waals surface area contributed by atoms with Crippen LogP contribution in [0, 0.1) is 13.8 Å². The molecule has 4 N–H and O–H groups in total. The van der Waals surface area contributed by atoms with Crippen molar-refractivity contribution in [2.24, 2.45) is 7.05 Å². The predicted octanol–water partition coefficient (Wildman–Crippen LogP) is 3.87. The summed E-state index contributed by atoms with van der Waals surface area (Å²) in [6.07, 6.45) is 2.57. The molecule has 15 heteroatoms. The summed E-state index contributed by atoms with van der Waals surface area (Å²) in [6, 6.07) is 15.8. The van der Waals surface area contributed by atoms with E-state index < -0.39 is 29.7 Å². The van der Waals surface area contributed by atoms with E-state index in [1.807, 2.05) is 31.3 Å². The third-order valence-electron chi connectivity index (χ3n) is 10.0. The molecule has 5 heterocycles. The number of hydrogen-bond donors (Lipinski definition) is 4. The van der Waals surface area contributed by atoms with Gasteiger partial charge in [0.15, 0.2) is 11.5 Å². The van der Waals surface area contributed by atoms with Crippen LogP contribution in [-0.4, -0.2) is 78.2 Å². The topological polar surface area (TPSA) is 184 Å². The van der Waals surface area contributed by atoms with E-state index in [0.29, 0.717) is 42.6 Å². The Kier molecular flexibility index (Phi) is 8.32. The number of amides is 5. The van der Waals surface area contributed by atoms with Gasteiger partial charge in [-0.25, -0.2) is 9.67 Å². The maximum atomic E-state index is 13.4. The molecule has 53 heavy (non-hydrogen) atoms. The van der Waals surface area contributed by atoms with Crippen molar-refractivity contribution in [1.29, 1.82) is 0 Å². The smallest absolute Gasteiger partial charge is 0.262 e. The third-order valence-corrected chi connectivity index (χ3v) is 10.0. The number of carbonyl (C=O) groups excluding carboxylic acids is 5. The highest BCUT2D eigenvalue weighted by Crippen LogP contribution is 2.31. The number of fused-ring (bicyclic) bond motifs is 3. The number of benzene rings is 3. The van der Waals surface area contributed by atoms with Crippen LogP contribution in [0.25, 0.3) is 11.0 Å². The molecule has 3 aromatic carbocycles. The van der Waals surface area contributed by atoms with Crippen molar-refractivity contribution in [2.45, 2.75) is 45.7 Å². The maximum Gasteiger partial charge on any atom is 0.262 e. The Morgan fingerprint density at radius 3 is 2.47 bits per heavy atom. The minimum Gasteiger partial charge on any atom is -0.376 e. The number of rotatable bonds is 8. The normalized spacial score (nSPS) is 16.8. The predicted molar refractivity (Wildman–Crippen MR) is 196 cm³/mol. The van der Waals surface area contributed by atoms with Crippen molar-refractivity contribution in [1.82, 2.24) is 34.9 Å². The Hall–Kier alpha value is -6.64. The molecule has 5 aromatic rings. The number of para-hydroxylation sites is 1. The number of aromatic nitrogens is 4. The van der Waals surface area contributed by atoms with Gasteiger partial charge in [-0.15, -0.1) is 0 Å². The number of carbonyl (C=O) groups is 5. The molecule has 8 rings (SSSR count). The summed E-state index contributed by atoms with van der Waals surface area (Å²) in [7, 11) is 1.84. The van der Waals surface area contributed by atoms with Gasteiger partial charge in [-0.3, -0.25) is 34.2 Å². The Morgan fingerprint density at radius 1 is 0.906 bits per heavy atom. The molecule has 1 unspecified atom stereocenters. The van der Waals surface area contributed by atoms with Crippen molar-refractivity contribution in [2.75, 3.05) is 29.0 Å². The summed E-state index contributed by atoms with van der Waals surface area (Å²) < 4.78 is 1.72. The van der Waals surface area contributed by atoms with Crippen LogP contribution in [0.2, 0.25) is 0 Å². The molecule has 1 fully saturated rings. The van der Waals surface area contributed by atoms with Crippen LogP contribution in [-0.2, 0) is 34.4 Å². The van der Waals surface area contributed by atoms with Crippen molar-refractivity contribution in [3.63, 3.8) is 0 Å². The minimum absolute atomic E-state index is 0.0239. The van der Waals surface area contributed by atoms with E-state index in [2.05, 4.69) is 57.3 Å². The summed E-state index contributed by atoms with van der Waals surface area (Å²) in [5.74, 6) is -1.32. The Morgan fingerprint density at radius 2 is 1.68 bits per heavy atom. The molecule has 0 spiro atoms. The van der Waals surface area contributed by atoms with Crippen molar-refractivity contribution in [3.05, 3.63) is 94.2 Å². The molecule has 5 amide bonds. The van der Waals surface area contributed by atoms with Gasteiger partial charge in [0, 0.05) is 49.8 Å². The highest BCUT2D eigenvalue weighted by atomic mass is 16.2. The monoisotopic (exact) mass is 712 g/mol. The molecule has 15 nitrogen and oxygen atoms in total. The van der Waals surface area contributed by atoms with Crippen LogP contribution >= 0.6 is 0 Å². The standard InChI is InChI=1S/C38H36N10O5/c1-20-5-4-6-21(2)32(20)43-33-28-17-40-38(44-34(28)46(3)45-33)41-25-8-7-22-13-14-47(19-23(22)15-25)31(50)18-39-24-9-10-26-27(16-24)37(53)48(36(26)52)29-11-12-30(49)42-35(29)51/h4-10,15-17,29,39H,11-14,18-19H2,1-3H3,(H,43,45)(H,40,41,44)(H,42,49,51). The molecular formula is C38H36N10O5. The Labute approximate surface area is 303 Å². The third kappa shape index (κ3) is 6.19. The van der Waals surface area contributed by atoms with E-state index in [1.54, 1.807) is 21.8 Å². The van der Waals surface area contributed by atoms with Crippen LogP contribution in [0.15, 0.2) is 60.8 Å². The van der Waals surface area contributed by atoms with E-state index >= 15 is 0 Å². The maximum absolute atomic E-state index is 13.4. The lowest BCUT2D eigenvalue weighted by molar-refractivity contribution is -0.136. The average molecular weight is 713 g/mol. The fraction of sp³-hybridized carbons (Fsp3) is 0.263. The van der Waals surface area contributed by atoms with Gasteiger partial charge in [-0.1, -0.05) is 24.3 Å². The molecule has 0 radical (unpaired) electrons. The lowest BCUT2D eigenvalue weighted by Crippen LogP contribution is -2.54. The number of anilines is 5. The highest BCUT2D eigenvalue weighted by Gasteiger charge is 2.44.